The number of hydrogen-bond donors (Lipinski definition) is 0. The summed E-state index contributed by atoms with van der Waals surface area (Å²) in [6, 6.07) is 6.27. The van der Waals surface area contributed by atoms with Crippen molar-refractivity contribution in [3.05, 3.63) is 29.8 Å². The molecule has 0 radical (unpaired) electrons. The summed E-state index contributed by atoms with van der Waals surface area (Å²) in [6.07, 6.45) is 2.40. The lowest BCUT2D eigenvalue weighted by molar-refractivity contribution is -0.274. The third-order valence-corrected chi connectivity index (χ3v) is 5.12. The molecule has 1 aromatic rings. The van der Waals surface area contributed by atoms with Gasteiger partial charge in [0.15, 0.2) is 0 Å². The summed E-state index contributed by atoms with van der Waals surface area (Å²) >= 11 is 3.61. The Morgan fingerprint density at radius 2 is 1.65 bits per heavy atom. The molecule has 112 valence electrons. The highest BCUT2D eigenvalue weighted by atomic mass is 79.9. The lowest BCUT2D eigenvalue weighted by Crippen LogP contribution is -2.28. The van der Waals surface area contributed by atoms with E-state index in [2.05, 4.69) is 20.7 Å². The molecular weight excluding hydrogens is 333 g/mol. The Bertz CT molecular complexity index is 422. The third-order valence-electron chi connectivity index (χ3n) is 3.93. The number of hydrogen-bond acceptors (Lipinski definition) is 1. The van der Waals surface area contributed by atoms with Gasteiger partial charge in [-0.25, -0.2) is 0 Å². The number of ether oxygens (including phenoxy) is 1. The fourth-order valence-electron chi connectivity index (χ4n) is 2.90. The zero-order valence-corrected chi connectivity index (χ0v) is 12.8. The van der Waals surface area contributed by atoms with Gasteiger partial charge in [-0.05, 0) is 42.4 Å². The van der Waals surface area contributed by atoms with E-state index >= 15 is 0 Å². The highest BCUT2D eigenvalue weighted by Gasteiger charge is 2.32. The Morgan fingerprint density at radius 1 is 1.05 bits per heavy atom. The van der Waals surface area contributed by atoms with Crippen LogP contribution in [0.25, 0.3) is 0 Å². The molecule has 0 bridgehead atoms. The van der Waals surface area contributed by atoms with Crippen molar-refractivity contribution < 1.29 is 17.9 Å². The van der Waals surface area contributed by atoms with Crippen LogP contribution in [0.5, 0.6) is 5.75 Å². The first-order valence-corrected chi connectivity index (χ1v) is 7.95. The summed E-state index contributed by atoms with van der Waals surface area (Å²) in [5, 5.41) is 0.945. The van der Waals surface area contributed by atoms with Gasteiger partial charge in [0.1, 0.15) is 5.75 Å². The molecule has 0 heterocycles. The van der Waals surface area contributed by atoms with Crippen molar-refractivity contribution in [1.82, 2.24) is 0 Å². The Morgan fingerprint density at radius 3 is 2.15 bits per heavy atom. The second-order valence-electron chi connectivity index (χ2n) is 5.56. The molecule has 0 unspecified atom stereocenters. The largest absolute Gasteiger partial charge is 0.573 e. The van der Waals surface area contributed by atoms with E-state index in [1.165, 1.54) is 44.2 Å². The minimum absolute atomic E-state index is 0.155. The molecule has 5 heteroatoms. The maximum atomic E-state index is 12.1. The maximum Gasteiger partial charge on any atom is 0.573 e. The lowest BCUT2D eigenvalue weighted by Gasteiger charge is -2.36. The molecule has 20 heavy (non-hydrogen) atoms. The van der Waals surface area contributed by atoms with Crippen molar-refractivity contribution in [1.29, 1.82) is 0 Å². The molecule has 1 nitrogen and oxygen atoms in total. The summed E-state index contributed by atoms with van der Waals surface area (Å²) < 4.78 is 40.2. The predicted molar refractivity (Wildman–Crippen MR) is 76.1 cm³/mol. The predicted octanol–water partition coefficient (Wildman–Crippen LogP) is 5.47. The second-order valence-corrected chi connectivity index (χ2v) is 6.12. The van der Waals surface area contributed by atoms with Crippen LogP contribution in [0.4, 0.5) is 13.2 Å². The normalized spacial score (nSPS) is 18.8. The van der Waals surface area contributed by atoms with Crippen LogP contribution in [0.1, 0.15) is 37.7 Å². The standard InChI is InChI=1S/C15H18BrF3O/c16-11-14(8-2-1-3-9-14)10-12-4-6-13(7-5-12)20-15(17,18)19/h4-7H,1-3,8-11H2. The molecule has 0 aromatic heterocycles. The van der Waals surface area contributed by atoms with Crippen LogP contribution in [0, 0.1) is 5.41 Å². The molecule has 0 saturated heterocycles. The number of alkyl halides is 4. The summed E-state index contributed by atoms with van der Waals surface area (Å²) in [7, 11) is 0. The summed E-state index contributed by atoms with van der Waals surface area (Å²) in [5.74, 6) is -0.155. The number of rotatable bonds is 4. The molecule has 0 N–H and O–H groups in total. The average Bonchev–Trinajstić information content (AvgIpc) is 2.40. The summed E-state index contributed by atoms with van der Waals surface area (Å²) in [6.45, 7) is 0. The van der Waals surface area contributed by atoms with E-state index in [9.17, 15) is 13.2 Å². The lowest BCUT2D eigenvalue weighted by atomic mass is 9.72. The monoisotopic (exact) mass is 350 g/mol. The van der Waals surface area contributed by atoms with Crippen LogP contribution in [0.2, 0.25) is 0 Å². The fourth-order valence-corrected chi connectivity index (χ4v) is 3.66. The first-order chi connectivity index (χ1) is 9.42. The first kappa shape index (κ1) is 15.7. The Balaban J connectivity index is 2.02. The van der Waals surface area contributed by atoms with Crippen LogP contribution >= 0.6 is 15.9 Å². The van der Waals surface area contributed by atoms with Crippen LogP contribution in [-0.4, -0.2) is 11.7 Å². The SMILES string of the molecule is FC(F)(F)Oc1ccc(CC2(CBr)CCCCC2)cc1. The summed E-state index contributed by atoms with van der Waals surface area (Å²) in [4.78, 5) is 0. The smallest absolute Gasteiger partial charge is 0.406 e. The Hall–Kier alpha value is -0.710. The van der Waals surface area contributed by atoms with Crippen molar-refractivity contribution in [3.63, 3.8) is 0 Å². The van der Waals surface area contributed by atoms with E-state index in [0.717, 1.165) is 17.3 Å². The zero-order valence-electron chi connectivity index (χ0n) is 11.2. The quantitative estimate of drug-likeness (QED) is 0.654. The van der Waals surface area contributed by atoms with E-state index in [1.54, 1.807) is 12.1 Å². The Kier molecular flexibility index (Phi) is 4.99. The Labute approximate surface area is 125 Å². The molecule has 1 fully saturated rings. The molecule has 0 amide bonds. The van der Waals surface area contributed by atoms with Crippen molar-refractivity contribution in [2.24, 2.45) is 5.41 Å². The van der Waals surface area contributed by atoms with Crippen molar-refractivity contribution in [3.8, 4) is 5.75 Å². The van der Waals surface area contributed by atoms with E-state index in [1.807, 2.05) is 0 Å². The fraction of sp³-hybridized carbons (Fsp3) is 0.600. The second kappa shape index (κ2) is 6.37. The zero-order chi connectivity index (χ0) is 14.6. The molecule has 0 spiro atoms. The molecule has 2 rings (SSSR count). The summed E-state index contributed by atoms with van der Waals surface area (Å²) in [5.41, 5.74) is 1.32. The van der Waals surface area contributed by atoms with Gasteiger partial charge in [-0.2, -0.15) is 0 Å². The highest BCUT2D eigenvalue weighted by molar-refractivity contribution is 9.09. The van der Waals surface area contributed by atoms with Crippen molar-refractivity contribution >= 4 is 15.9 Å². The van der Waals surface area contributed by atoms with Crippen LogP contribution in [-0.2, 0) is 6.42 Å². The molecule has 1 saturated carbocycles. The van der Waals surface area contributed by atoms with Gasteiger partial charge in [0.2, 0.25) is 0 Å². The maximum absolute atomic E-state index is 12.1. The number of halogens is 4. The first-order valence-electron chi connectivity index (χ1n) is 6.83. The van der Waals surface area contributed by atoms with Gasteiger partial charge in [0.25, 0.3) is 0 Å². The van der Waals surface area contributed by atoms with Crippen molar-refractivity contribution in [2.45, 2.75) is 44.9 Å². The van der Waals surface area contributed by atoms with Gasteiger partial charge in [-0.15, -0.1) is 13.2 Å². The molecule has 1 aliphatic carbocycles. The van der Waals surface area contributed by atoms with Crippen LogP contribution in [0.3, 0.4) is 0 Å². The molecule has 0 atom stereocenters. The van der Waals surface area contributed by atoms with E-state index in [0.29, 0.717) is 0 Å². The van der Waals surface area contributed by atoms with Gasteiger partial charge in [0.05, 0.1) is 0 Å². The molecule has 0 aliphatic heterocycles. The van der Waals surface area contributed by atoms with E-state index in [4.69, 9.17) is 0 Å². The third kappa shape index (κ3) is 4.40. The molecular formula is C15H18BrF3O. The minimum atomic E-state index is -4.62. The van der Waals surface area contributed by atoms with Gasteiger partial charge >= 0.3 is 6.36 Å². The van der Waals surface area contributed by atoms with Gasteiger partial charge in [0, 0.05) is 5.33 Å². The van der Waals surface area contributed by atoms with Crippen LogP contribution < -0.4 is 4.74 Å². The van der Waals surface area contributed by atoms with E-state index in [-0.39, 0.29) is 11.2 Å². The van der Waals surface area contributed by atoms with E-state index < -0.39 is 6.36 Å². The van der Waals surface area contributed by atoms with Crippen LogP contribution in [0.15, 0.2) is 24.3 Å². The van der Waals surface area contributed by atoms with Gasteiger partial charge < -0.3 is 4.74 Å². The average molecular weight is 351 g/mol. The van der Waals surface area contributed by atoms with Gasteiger partial charge in [-0.3, -0.25) is 0 Å². The van der Waals surface area contributed by atoms with Crippen molar-refractivity contribution in [2.75, 3.05) is 5.33 Å². The minimum Gasteiger partial charge on any atom is -0.406 e. The highest BCUT2D eigenvalue weighted by Crippen LogP contribution is 2.40. The topological polar surface area (TPSA) is 9.23 Å². The molecule has 1 aliphatic rings. The van der Waals surface area contributed by atoms with Gasteiger partial charge in [-0.1, -0.05) is 47.3 Å². The number of benzene rings is 1. The molecule has 1 aromatic carbocycles.